The summed E-state index contributed by atoms with van der Waals surface area (Å²) in [5.74, 6) is 0. The average Bonchev–Trinajstić information content (AvgIpc) is 2.91. The summed E-state index contributed by atoms with van der Waals surface area (Å²) in [6.07, 6.45) is 0.526. The van der Waals surface area contributed by atoms with Crippen molar-refractivity contribution in [2.45, 2.75) is 24.9 Å². The maximum absolute atomic E-state index is 11.2. The summed E-state index contributed by atoms with van der Waals surface area (Å²) in [6, 6.07) is 6.23. The zero-order chi connectivity index (χ0) is 16.2. The largest absolute Gasteiger partial charge is 0.464 e. The van der Waals surface area contributed by atoms with Gasteiger partial charge in [-0.05, 0) is 37.2 Å². The van der Waals surface area contributed by atoms with Gasteiger partial charge in [0, 0.05) is 38.8 Å². The van der Waals surface area contributed by atoms with Crippen LogP contribution >= 0.6 is 0 Å². The Kier molecular flexibility index (Phi) is 3.25. The number of likely N-dealkylation sites (tertiary alicyclic amines) is 1. The van der Waals surface area contributed by atoms with Crippen LogP contribution in [-0.2, 0) is 5.41 Å². The molecule has 2 heterocycles. The van der Waals surface area contributed by atoms with Crippen LogP contribution in [0.1, 0.15) is 18.9 Å². The summed E-state index contributed by atoms with van der Waals surface area (Å²) < 4.78 is 0. The van der Waals surface area contributed by atoms with Crippen molar-refractivity contribution in [1.29, 1.82) is 0 Å². The number of likely N-dealkylation sites (N-methyl/N-ethyl adjacent to an activating group) is 2. The number of nitrogens with zero attached hydrogens (tertiary/aromatic N) is 4. The third kappa shape index (κ3) is 1.86. The number of rotatable bonds is 2. The fraction of sp³-hybridized carbons (Fsp3) is 0.562. The molecular formula is C16H24N4O2. The normalized spacial score (nSPS) is 26.8. The quantitative estimate of drug-likeness (QED) is 0.847. The van der Waals surface area contributed by atoms with Crippen molar-refractivity contribution in [3.05, 3.63) is 23.8 Å². The fourth-order valence-corrected chi connectivity index (χ4v) is 4.07. The molecule has 2 aliphatic heterocycles. The number of carbonyl (C=O) groups is 1. The SMILES string of the molecule is CN1CC[C@@]2(C)c3cc(N(C)N(C)C(=O)O)ccc3N(C)C12. The van der Waals surface area contributed by atoms with Gasteiger partial charge in [-0.1, -0.05) is 6.92 Å². The number of carboxylic acid groups (broad SMARTS) is 1. The van der Waals surface area contributed by atoms with E-state index in [1.54, 1.807) is 19.1 Å². The molecule has 1 aromatic rings. The van der Waals surface area contributed by atoms with Crippen molar-refractivity contribution >= 4 is 17.5 Å². The summed E-state index contributed by atoms with van der Waals surface area (Å²) >= 11 is 0. The van der Waals surface area contributed by atoms with Crippen LogP contribution in [0, 0.1) is 0 Å². The monoisotopic (exact) mass is 304 g/mol. The molecule has 1 N–H and O–H groups in total. The lowest BCUT2D eigenvalue weighted by Gasteiger charge is -2.32. The van der Waals surface area contributed by atoms with E-state index in [4.69, 9.17) is 5.11 Å². The summed E-state index contributed by atoms with van der Waals surface area (Å²) in [5, 5.41) is 12.0. The summed E-state index contributed by atoms with van der Waals surface area (Å²) in [5.41, 5.74) is 3.55. The first-order valence-corrected chi connectivity index (χ1v) is 7.55. The number of anilines is 2. The van der Waals surface area contributed by atoms with E-state index in [0.717, 1.165) is 18.7 Å². The van der Waals surface area contributed by atoms with Crippen LogP contribution in [-0.4, -0.2) is 62.0 Å². The van der Waals surface area contributed by atoms with E-state index < -0.39 is 6.09 Å². The lowest BCUT2D eigenvalue weighted by atomic mass is 9.81. The summed E-state index contributed by atoms with van der Waals surface area (Å²) in [7, 11) is 7.64. The molecule has 0 radical (unpaired) electrons. The van der Waals surface area contributed by atoms with Gasteiger partial charge < -0.3 is 10.0 Å². The molecule has 0 aromatic heterocycles. The van der Waals surface area contributed by atoms with E-state index in [-0.39, 0.29) is 5.41 Å². The predicted octanol–water partition coefficient (Wildman–Crippen LogP) is 2.02. The Balaban J connectivity index is 2.02. The Bertz CT molecular complexity index is 620. The van der Waals surface area contributed by atoms with Gasteiger partial charge in [0.05, 0.1) is 11.9 Å². The second-order valence-corrected chi connectivity index (χ2v) is 6.66. The second-order valence-electron chi connectivity index (χ2n) is 6.66. The van der Waals surface area contributed by atoms with E-state index in [0.29, 0.717) is 6.17 Å². The molecule has 0 saturated carbocycles. The number of hydrogen-bond donors (Lipinski definition) is 1. The minimum absolute atomic E-state index is 0.0947. The zero-order valence-electron chi connectivity index (χ0n) is 13.9. The van der Waals surface area contributed by atoms with Gasteiger partial charge in [-0.25, -0.2) is 9.80 Å². The van der Waals surface area contributed by atoms with Gasteiger partial charge in [0.2, 0.25) is 0 Å². The highest BCUT2D eigenvalue weighted by Crippen LogP contribution is 2.51. The minimum Gasteiger partial charge on any atom is -0.464 e. The third-order valence-corrected chi connectivity index (χ3v) is 5.41. The Labute approximate surface area is 131 Å². The molecule has 1 fully saturated rings. The zero-order valence-corrected chi connectivity index (χ0v) is 13.9. The van der Waals surface area contributed by atoms with Gasteiger partial charge in [-0.15, -0.1) is 0 Å². The van der Waals surface area contributed by atoms with Crippen LogP contribution in [0.15, 0.2) is 18.2 Å². The molecular weight excluding hydrogens is 280 g/mol. The number of hydrazine groups is 1. The first-order chi connectivity index (χ1) is 10.3. The number of fused-ring (bicyclic) bond motifs is 3. The van der Waals surface area contributed by atoms with Gasteiger partial charge in [0.15, 0.2) is 0 Å². The molecule has 0 aliphatic carbocycles. The molecule has 0 spiro atoms. The Hall–Kier alpha value is -1.95. The van der Waals surface area contributed by atoms with Crippen LogP contribution in [0.2, 0.25) is 0 Å². The molecule has 1 saturated heterocycles. The Morgan fingerprint density at radius 1 is 1.36 bits per heavy atom. The highest BCUT2D eigenvalue weighted by Gasteiger charge is 2.52. The van der Waals surface area contributed by atoms with E-state index in [1.165, 1.54) is 16.3 Å². The van der Waals surface area contributed by atoms with E-state index in [9.17, 15) is 4.79 Å². The lowest BCUT2D eigenvalue weighted by Crippen LogP contribution is -2.45. The molecule has 22 heavy (non-hydrogen) atoms. The topological polar surface area (TPSA) is 50.3 Å². The van der Waals surface area contributed by atoms with Crippen molar-refractivity contribution in [3.8, 4) is 0 Å². The maximum Gasteiger partial charge on any atom is 0.426 e. The molecule has 3 rings (SSSR count). The van der Waals surface area contributed by atoms with Crippen LogP contribution in [0.4, 0.5) is 16.2 Å². The van der Waals surface area contributed by atoms with Crippen molar-refractivity contribution in [1.82, 2.24) is 9.91 Å². The Morgan fingerprint density at radius 2 is 2.05 bits per heavy atom. The molecule has 2 atom stereocenters. The lowest BCUT2D eigenvalue weighted by molar-refractivity contribution is 0.154. The number of amides is 1. The molecule has 1 aromatic carbocycles. The number of benzene rings is 1. The van der Waals surface area contributed by atoms with Crippen molar-refractivity contribution < 1.29 is 9.90 Å². The minimum atomic E-state index is -0.968. The van der Waals surface area contributed by atoms with Gasteiger partial charge in [0.25, 0.3) is 0 Å². The smallest absolute Gasteiger partial charge is 0.426 e. The van der Waals surface area contributed by atoms with Gasteiger partial charge >= 0.3 is 6.09 Å². The Morgan fingerprint density at radius 3 is 2.68 bits per heavy atom. The standard InChI is InChI=1S/C16H24N4O2/c1-16-8-9-17(2)14(16)18(3)13-7-6-11(10-12(13)16)19(4)20(5)15(21)22/h6-7,10,14H,8-9H2,1-5H3,(H,21,22)/t14?,16-/m0/s1. The molecule has 2 aliphatic rings. The van der Waals surface area contributed by atoms with Crippen molar-refractivity contribution in [2.24, 2.45) is 0 Å². The molecule has 6 nitrogen and oxygen atoms in total. The molecule has 0 bridgehead atoms. The van der Waals surface area contributed by atoms with Crippen molar-refractivity contribution in [2.75, 3.05) is 44.6 Å². The second kappa shape index (κ2) is 4.78. The van der Waals surface area contributed by atoms with Crippen LogP contribution < -0.4 is 9.91 Å². The highest BCUT2D eigenvalue weighted by atomic mass is 16.4. The van der Waals surface area contributed by atoms with Crippen LogP contribution in [0.25, 0.3) is 0 Å². The summed E-state index contributed by atoms with van der Waals surface area (Å²) in [4.78, 5) is 15.9. The molecule has 1 amide bonds. The van der Waals surface area contributed by atoms with E-state index in [2.05, 4.69) is 43.0 Å². The average molecular weight is 304 g/mol. The van der Waals surface area contributed by atoms with Crippen LogP contribution in [0.5, 0.6) is 0 Å². The van der Waals surface area contributed by atoms with E-state index in [1.807, 2.05) is 6.07 Å². The van der Waals surface area contributed by atoms with Crippen molar-refractivity contribution in [3.63, 3.8) is 0 Å². The highest BCUT2D eigenvalue weighted by molar-refractivity contribution is 5.72. The van der Waals surface area contributed by atoms with E-state index >= 15 is 0 Å². The van der Waals surface area contributed by atoms with Gasteiger partial charge in [-0.3, -0.25) is 9.91 Å². The molecule has 6 heteroatoms. The van der Waals surface area contributed by atoms with Crippen LogP contribution in [0.3, 0.4) is 0 Å². The first-order valence-electron chi connectivity index (χ1n) is 7.55. The summed E-state index contributed by atoms with van der Waals surface area (Å²) in [6.45, 7) is 3.40. The van der Waals surface area contributed by atoms with Gasteiger partial charge in [0.1, 0.15) is 0 Å². The maximum atomic E-state index is 11.2. The fourth-order valence-electron chi connectivity index (χ4n) is 4.07. The molecule has 1 unspecified atom stereocenters. The number of hydrogen-bond acceptors (Lipinski definition) is 4. The first kappa shape index (κ1) is 15.0. The predicted molar refractivity (Wildman–Crippen MR) is 87.4 cm³/mol. The molecule has 120 valence electrons. The van der Waals surface area contributed by atoms with Gasteiger partial charge in [-0.2, -0.15) is 0 Å². The third-order valence-electron chi connectivity index (χ3n) is 5.41.